The monoisotopic (exact) mass is 414 g/mol. The first kappa shape index (κ1) is 19.0. The Bertz CT molecular complexity index is 1250. The van der Waals surface area contributed by atoms with Crippen molar-refractivity contribution in [1.82, 2.24) is 0 Å². The van der Waals surface area contributed by atoms with Crippen molar-refractivity contribution in [3.63, 3.8) is 0 Å². The molecule has 2 aromatic carbocycles. The summed E-state index contributed by atoms with van der Waals surface area (Å²) in [6.45, 7) is 0.455. The van der Waals surface area contributed by atoms with Crippen molar-refractivity contribution in [1.29, 1.82) is 0 Å². The van der Waals surface area contributed by atoms with E-state index in [-0.39, 0.29) is 39.4 Å². The molecule has 0 atom stereocenters. The van der Waals surface area contributed by atoms with E-state index in [0.717, 1.165) is 6.26 Å². The molecule has 0 aliphatic carbocycles. The first-order chi connectivity index (χ1) is 13.8. The molecule has 4 rings (SSSR count). The molecule has 29 heavy (non-hydrogen) atoms. The van der Waals surface area contributed by atoms with Gasteiger partial charge in [0.15, 0.2) is 5.75 Å². The number of para-hydroxylation sites is 1. The summed E-state index contributed by atoms with van der Waals surface area (Å²) in [7, 11) is -3.60. The third kappa shape index (κ3) is 3.95. The zero-order valence-electron chi connectivity index (χ0n) is 15.5. The van der Waals surface area contributed by atoms with Crippen LogP contribution in [0.15, 0.2) is 57.9 Å². The van der Waals surface area contributed by atoms with Gasteiger partial charge in [-0.1, -0.05) is 18.2 Å². The average molecular weight is 414 g/mol. The molecule has 1 aliphatic heterocycles. The van der Waals surface area contributed by atoms with Crippen molar-refractivity contribution in [3.8, 4) is 11.5 Å². The van der Waals surface area contributed by atoms with E-state index >= 15 is 0 Å². The van der Waals surface area contributed by atoms with Crippen LogP contribution in [-0.4, -0.2) is 27.1 Å². The van der Waals surface area contributed by atoms with Crippen LogP contribution in [0, 0.1) is 0 Å². The fourth-order valence-corrected chi connectivity index (χ4v) is 3.77. The molecule has 0 spiro atoms. The highest BCUT2D eigenvalue weighted by Crippen LogP contribution is 2.34. The Morgan fingerprint density at radius 3 is 2.55 bits per heavy atom. The number of anilines is 2. The maximum atomic E-state index is 13.0. The van der Waals surface area contributed by atoms with Crippen LogP contribution in [-0.2, 0) is 14.8 Å². The number of carbonyl (C=O) groups excluding carboxylic acids is 1. The molecule has 8 nitrogen and oxygen atoms in total. The average Bonchev–Trinajstić information content (AvgIpc) is 3.08. The molecule has 1 N–H and O–H groups in total. The summed E-state index contributed by atoms with van der Waals surface area (Å²) in [5.74, 6) is 0.484. The number of hydrogen-bond donors (Lipinski definition) is 1. The van der Waals surface area contributed by atoms with E-state index in [1.54, 1.807) is 24.3 Å². The molecule has 1 aliphatic rings. The third-order valence-corrected chi connectivity index (χ3v) is 5.08. The molecule has 1 amide bonds. The second-order valence-corrected chi connectivity index (χ2v) is 8.48. The van der Waals surface area contributed by atoms with Crippen molar-refractivity contribution in [2.24, 2.45) is 0 Å². The topological polar surface area (TPSA) is 106 Å². The predicted molar refractivity (Wildman–Crippen MR) is 109 cm³/mol. The fourth-order valence-electron chi connectivity index (χ4n) is 3.21. The van der Waals surface area contributed by atoms with Gasteiger partial charge in [-0.2, -0.15) is 0 Å². The van der Waals surface area contributed by atoms with E-state index in [4.69, 9.17) is 9.15 Å². The second-order valence-electron chi connectivity index (χ2n) is 6.73. The number of nitrogens with zero attached hydrogens (tertiary/aromatic N) is 1. The molecule has 0 bridgehead atoms. The summed E-state index contributed by atoms with van der Waals surface area (Å²) in [4.78, 5) is 26.4. The number of fused-ring (bicyclic) bond motifs is 1. The lowest BCUT2D eigenvalue weighted by Gasteiger charge is -2.16. The molecule has 3 aromatic rings. The highest BCUT2D eigenvalue weighted by molar-refractivity contribution is 7.92. The summed E-state index contributed by atoms with van der Waals surface area (Å²) in [5, 5.41) is 0.187. The van der Waals surface area contributed by atoms with Crippen LogP contribution in [0.25, 0.3) is 11.0 Å². The molecule has 1 aromatic heterocycles. The molecule has 1 saturated heterocycles. The second kappa shape index (κ2) is 7.25. The Kier molecular flexibility index (Phi) is 4.75. The van der Waals surface area contributed by atoms with Crippen LogP contribution in [0.3, 0.4) is 0 Å². The minimum absolute atomic E-state index is 0.132. The van der Waals surface area contributed by atoms with Crippen molar-refractivity contribution in [2.45, 2.75) is 12.8 Å². The Labute approximate surface area is 166 Å². The zero-order valence-corrected chi connectivity index (χ0v) is 16.4. The van der Waals surface area contributed by atoms with Gasteiger partial charge in [0.25, 0.3) is 0 Å². The van der Waals surface area contributed by atoms with Crippen LogP contribution in [0.4, 0.5) is 11.4 Å². The quantitative estimate of drug-likeness (QED) is 0.688. The van der Waals surface area contributed by atoms with Crippen LogP contribution in [0.2, 0.25) is 0 Å². The summed E-state index contributed by atoms with van der Waals surface area (Å²) in [6.07, 6.45) is 3.31. The van der Waals surface area contributed by atoms with Gasteiger partial charge >= 0.3 is 0 Å². The Balaban J connectivity index is 1.87. The van der Waals surface area contributed by atoms with Gasteiger partial charge in [0.1, 0.15) is 23.3 Å². The molecule has 0 unspecified atom stereocenters. The van der Waals surface area contributed by atoms with Gasteiger partial charge in [0.05, 0.1) is 17.3 Å². The lowest BCUT2D eigenvalue weighted by molar-refractivity contribution is -0.117. The van der Waals surface area contributed by atoms with Crippen LogP contribution < -0.4 is 19.8 Å². The number of benzene rings is 2. The number of sulfonamides is 1. The number of rotatable bonds is 5. The van der Waals surface area contributed by atoms with Gasteiger partial charge in [-0.3, -0.25) is 14.3 Å². The Morgan fingerprint density at radius 1 is 1.14 bits per heavy atom. The lowest BCUT2D eigenvalue weighted by Crippen LogP contribution is -2.28. The van der Waals surface area contributed by atoms with Crippen molar-refractivity contribution >= 4 is 38.3 Å². The molecule has 150 valence electrons. The fraction of sp³-hybridized carbons (Fsp3) is 0.200. The van der Waals surface area contributed by atoms with Crippen molar-refractivity contribution in [3.05, 3.63) is 59.0 Å². The van der Waals surface area contributed by atoms with E-state index in [2.05, 4.69) is 4.72 Å². The first-order valence-electron chi connectivity index (χ1n) is 8.92. The highest BCUT2D eigenvalue weighted by Gasteiger charge is 2.26. The number of amides is 1. The minimum Gasteiger partial charge on any atom is -0.462 e. The summed E-state index contributed by atoms with van der Waals surface area (Å²) in [5.41, 5.74) is 0.0914. The highest BCUT2D eigenvalue weighted by atomic mass is 32.2. The third-order valence-electron chi connectivity index (χ3n) is 4.49. The Hall–Kier alpha value is -3.33. The maximum absolute atomic E-state index is 13.0. The number of carbonyl (C=O) groups is 1. The van der Waals surface area contributed by atoms with Crippen molar-refractivity contribution in [2.75, 3.05) is 22.4 Å². The summed E-state index contributed by atoms with van der Waals surface area (Å²) in [6, 6.07) is 11.6. The molecule has 2 heterocycles. The molecular formula is C20H18N2O6S. The summed E-state index contributed by atoms with van der Waals surface area (Å²) < 4.78 is 37.3. The van der Waals surface area contributed by atoms with Gasteiger partial charge in [-0.05, 0) is 24.6 Å². The number of hydrogen-bond acceptors (Lipinski definition) is 6. The molecule has 9 heteroatoms. The molecule has 0 radical (unpaired) electrons. The maximum Gasteiger partial charge on any atom is 0.229 e. The largest absolute Gasteiger partial charge is 0.462 e. The van der Waals surface area contributed by atoms with Crippen LogP contribution in [0.5, 0.6) is 11.5 Å². The summed E-state index contributed by atoms with van der Waals surface area (Å²) >= 11 is 0. The van der Waals surface area contributed by atoms with E-state index in [9.17, 15) is 18.0 Å². The predicted octanol–water partition coefficient (Wildman–Crippen LogP) is 3.08. The zero-order chi connectivity index (χ0) is 20.6. The van der Waals surface area contributed by atoms with Gasteiger partial charge in [-0.15, -0.1) is 0 Å². The standard InChI is InChI=1S/C20H18N2O6S/c1-29(25,26)21-15-11-17-14(10-18(15)28-13-6-3-2-4-7-13)20(24)16(12-27-17)22-9-5-8-19(22)23/h2-4,6-7,10-12,21H,5,8-9H2,1H3. The molecule has 0 saturated carbocycles. The normalized spacial score (nSPS) is 14.4. The van der Waals surface area contributed by atoms with Crippen LogP contribution >= 0.6 is 0 Å². The Morgan fingerprint density at radius 2 is 1.90 bits per heavy atom. The minimum atomic E-state index is -3.60. The SMILES string of the molecule is CS(=O)(=O)Nc1cc2occ(N3CCCC3=O)c(=O)c2cc1Oc1ccccc1. The van der Waals surface area contributed by atoms with Crippen LogP contribution in [0.1, 0.15) is 12.8 Å². The smallest absolute Gasteiger partial charge is 0.229 e. The van der Waals surface area contributed by atoms with Gasteiger partial charge < -0.3 is 14.1 Å². The number of ether oxygens (including phenoxy) is 1. The van der Waals surface area contributed by atoms with E-state index in [1.165, 1.54) is 23.3 Å². The molecular weight excluding hydrogens is 396 g/mol. The van der Waals surface area contributed by atoms with E-state index in [0.29, 0.717) is 25.1 Å². The van der Waals surface area contributed by atoms with Gasteiger partial charge in [0, 0.05) is 19.0 Å². The van der Waals surface area contributed by atoms with E-state index in [1.807, 2.05) is 6.07 Å². The lowest BCUT2D eigenvalue weighted by atomic mass is 10.1. The first-order valence-corrected chi connectivity index (χ1v) is 10.8. The van der Waals surface area contributed by atoms with Crippen molar-refractivity contribution < 1.29 is 22.4 Å². The van der Waals surface area contributed by atoms with Gasteiger partial charge in [-0.25, -0.2) is 8.42 Å². The van der Waals surface area contributed by atoms with E-state index < -0.39 is 10.0 Å². The van der Waals surface area contributed by atoms with Gasteiger partial charge in [0.2, 0.25) is 21.4 Å². The number of nitrogens with one attached hydrogen (secondary N) is 1. The molecule has 1 fully saturated rings.